The van der Waals surface area contributed by atoms with E-state index >= 15 is 0 Å². The molecule has 0 saturated heterocycles. The van der Waals surface area contributed by atoms with Gasteiger partial charge in [0, 0.05) is 61.9 Å². The van der Waals surface area contributed by atoms with E-state index in [9.17, 15) is 14.7 Å². The Morgan fingerprint density at radius 2 is 2.16 bits per heavy atom. The highest BCUT2D eigenvalue weighted by Crippen LogP contribution is 2.41. The van der Waals surface area contributed by atoms with Gasteiger partial charge < -0.3 is 39.3 Å². The minimum absolute atomic E-state index is 0.244. The van der Waals surface area contributed by atoms with Crippen molar-refractivity contribution in [2.45, 2.75) is 13.0 Å². The number of nitrogens with one attached hydrogen (secondary N) is 2. The van der Waals surface area contributed by atoms with Crippen molar-refractivity contribution in [2.75, 3.05) is 26.9 Å². The Balaban J connectivity index is 1.80. The van der Waals surface area contributed by atoms with Crippen LogP contribution in [0.25, 0.3) is 22.2 Å². The quantitative estimate of drug-likeness (QED) is 0.345. The smallest absolute Gasteiger partial charge is 0.504 e. The van der Waals surface area contributed by atoms with Crippen molar-refractivity contribution in [3.63, 3.8) is 0 Å². The molecule has 10 nitrogen and oxygen atoms in total. The number of aromatic amines is 1. The molecule has 164 valence electrons. The highest BCUT2D eigenvalue weighted by atomic mass is 16.7. The lowest BCUT2D eigenvalue weighted by Crippen LogP contribution is -2.19. The van der Waals surface area contributed by atoms with Crippen molar-refractivity contribution >= 4 is 17.1 Å². The van der Waals surface area contributed by atoms with E-state index in [1.807, 2.05) is 25.2 Å². The zero-order valence-electron chi connectivity index (χ0n) is 17.2. The molecule has 1 aliphatic rings. The van der Waals surface area contributed by atoms with Crippen LogP contribution in [0.2, 0.25) is 0 Å². The number of carboxylic acid groups (broad SMARTS) is 1. The summed E-state index contributed by atoms with van der Waals surface area (Å²) in [6.45, 7) is 2.25. The van der Waals surface area contributed by atoms with Crippen molar-refractivity contribution in [2.24, 2.45) is 7.05 Å². The van der Waals surface area contributed by atoms with Crippen LogP contribution in [0.3, 0.4) is 0 Å². The molecule has 0 fully saturated rings. The summed E-state index contributed by atoms with van der Waals surface area (Å²) in [5.74, 6) is -0.568. The normalized spacial score (nSPS) is 12.7. The van der Waals surface area contributed by atoms with E-state index in [1.165, 1.54) is 0 Å². The van der Waals surface area contributed by atoms with Crippen LogP contribution in [0.15, 0.2) is 23.0 Å². The van der Waals surface area contributed by atoms with E-state index < -0.39 is 23.2 Å². The van der Waals surface area contributed by atoms with Crippen LogP contribution >= 0.6 is 0 Å². The first-order valence-electron chi connectivity index (χ1n) is 9.74. The SMILES string of the molecule is COCCNCc1cc2cc3c(cc2n1C)OCCc1c-3[nH]c(=O)c(OC(=O)O)c1O. The summed E-state index contributed by atoms with van der Waals surface area (Å²) in [5, 5.41) is 23.6. The Morgan fingerprint density at radius 1 is 1.35 bits per heavy atom. The molecule has 0 unspecified atom stereocenters. The molecule has 4 rings (SSSR count). The fraction of sp³-hybridized carbons (Fsp3) is 0.333. The molecule has 0 spiro atoms. The fourth-order valence-corrected chi connectivity index (χ4v) is 3.83. The lowest BCUT2D eigenvalue weighted by molar-refractivity contribution is 0.142. The fourth-order valence-electron chi connectivity index (χ4n) is 3.83. The molecule has 10 heteroatoms. The van der Waals surface area contributed by atoms with Crippen LogP contribution in [0.4, 0.5) is 4.79 Å². The molecule has 3 aromatic rings. The summed E-state index contributed by atoms with van der Waals surface area (Å²) in [6, 6.07) is 5.83. The number of methoxy groups -OCH3 is 1. The second-order valence-electron chi connectivity index (χ2n) is 7.22. The lowest BCUT2D eigenvalue weighted by Gasteiger charge is -2.12. The molecule has 0 radical (unpaired) electrons. The summed E-state index contributed by atoms with van der Waals surface area (Å²) < 4.78 is 17.5. The van der Waals surface area contributed by atoms with Gasteiger partial charge in [-0.15, -0.1) is 0 Å². The summed E-state index contributed by atoms with van der Waals surface area (Å²) in [7, 11) is 3.62. The number of aromatic hydroxyl groups is 1. The van der Waals surface area contributed by atoms with Crippen LogP contribution in [0.5, 0.6) is 17.2 Å². The number of hydrogen-bond acceptors (Lipinski definition) is 7. The standard InChI is InChI=1S/C21H23N3O7/c1-24-12(10-22-4-6-29-2)7-11-8-14-16(9-15(11)24)30-5-3-13-17(14)23-20(26)19(18(13)25)31-21(27)28/h7-9,22H,3-6,10H2,1-2H3,(H,27,28)(H2,23,25,26). The van der Waals surface area contributed by atoms with E-state index in [4.69, 9.17) is 14.6 Å². The average molecular weight is 429 g/mol. The van der Waals surface area contributed by atoms with Crippen LogP contribution in [-0.2, 0) is 24.8 Å². The van der Waals surface area contributed by atoms with Crippen molar-refractivity contribution in [3.8, 4) is 28.5 Å². The molecule has 2 aromatic heterocycles. The second-order valence-corrected chi connectivity index (χ2v) is 7.22. The maximum atomic E-state index is 12.4. The van der Waals surface area contributed by atoms with Gasteiger partial charge in [0.1, 0.15) is 5.75 Å². The predicted octanol–water partition coefficient (Wildman–Crippen LogP) is 1.97. The van der Waals surface area contributed by atoms with Gasteiger partial charge in [-0.25, -0.2) is 4.79 Å². The second kappa shape index (κ2) is 8.32. The van der Waals surface area contributed by atoms with Crippen molar-refractivity contribution < 1.29 is 29.2 Å². The minimum Gasteiger partial charge on any atom is -0.504 e. The number of fused-ring (bicyclic) bond motifs is 4. The van der Waals surface area contributed by atoms with Crippen molar-refractivity contribution in [3.05, 3.63) is 39.8 Å². The Kier molecular flexibility index (Phi) is 5.57. The average Bonchev–Trinajstić information content (AvgIpc) is 2.92. The first kappa shape index (κ1) is 20.8. The Hall–Kier alpha value is -3.50. The van der Waals surface area contributed by atoms with Gasteiger partial charge in [0.15, 0.2) is 5.75 Å². The summed E-state index contributed by atoms with van der Waals surface area (Å²) in [6.07, 6.45) is -1.41. The molecule has 0 atom stereocenters. The van der Waals surface area contributed by atoms with Crippen molar-refractivity contribution in [1.82, 2.24) is 14.9 Å². The van der Waals surface area contributed by atoms with Gasteiger partial charge in [-0.05, 0) is 12.1 Å². The first-order chi connectivity index (χ1) is 14.9. The predicted molar refractivity (Wildman–Crippen MR) is 112 cm³/mol. The zero-order chi connectivity index (χ0) is 22.1. The van der Waals surface area contributed by atoms with Crippen LogP contribution in [0, 0.1) is 0 Å². The number of hydrogen-bond donors (Lipinski definition) is 4. The van der Waals surface area contributed by atoms with Gasteiger partial charge in [0.25, 0.3) is 5.56 Å². The van der Waals surface area contributed by atoms with Gasteiger partial charge in [0.2, 0.25) is 5.75 Å². The lowest BCUT2D eigenvalue weighted by atomic mass is 10.0. The highest BCUT2D eigenvalue weighted by molar-refractivity contribution is 5.90. The molecule has 0 amide bonds. The third kappa shape index (κ3) is 3.82. The topological polar surface area (TPSA) is 135 Å². The maximum absolute atomic E-state index is 12.4. The molecule has 1 aromatic carbocycles. The van der Waals surface area contributed by atoms with E-state index in [0.717, 1.165) is 23.1 Å². The maximum Gasteiger partial charge on any atom is 0.511 e. The number of aromatic nitrogens is 2. The molecule has 0 saturated carbocycles. The van der Waals surface area contributed by atoms with Crippen molar-refractivity contribution in [1.29, 1.82) is 0 Å². The number of nitrogens with zero attached hydrogens (tertiary/aromatic N) is 1. The Morgan fingerprint density at radius 3 is 2.90 bits per heavy atom. The molecular weight excluding hydrogens is 406 g/mol. The summed E-state index contributed by atoms with van der Waals surface area (Å²) in [4.78, 5) is 25.9. The van der Waals surface area contributed by atoms with Gasteiger partial charge in [-0.3, -0.25) is 4.79 Å². The number of ether oxygens (including phenoxy) is 3. The summed E-state index contributed by atoms with van der Waals surface area (Å²) in [5.41, 5.74) is 2.56. The molecule has 0 bridgehead atoms. The Bertz CT molecular complexity index is 1210. The number of rotatable bonds is 6. The van der Waals surface area contributed by atoms with Gasteiger partial charge in [-0.1, -0.05) is 0 Å². The first-order valence-corrected chi connectivity index (χ1v) is 9.74. The van der Waals surface area contributed by atoms with Gasteiger partial charge in [0.05, 0.1) is 24.4 Å². The van der Waals surface area contributed by atoms with Crippen LogP contribution in [-0.4, -0.2) is 52.8 Å². The number of benzene rings is 1. The molecular formula is C21H23N3O7. The monoisotopic (exact) mass is 429 g/mol. The third-order valence-electron chi connectivity index (χ3n) is 5.35. The van der Waals surface area contributed by atoms with E-state index in [-0.39, 0.29) is 13.0 Å². The number of aryl methyl sites for hydroxylation is 1. The molecule has 0 aliphatic carbocycles. The molecule has 1 aliphatic heterocycles. The molecule has 4 N–H and O–H groups in total. The van der Waals surface area contributed by atoms with E-state index in [0.29, 0.717) is 35.7 Å². The van der Waals surface area contributed by atoms with Crippen LogP contribution < -0.4 is 20.3 Å². The molecule has 31 heavy (non-hydrogen) atoms. The van der Waals surface area contributed by atoms with E-state index in [2.05, 4.69) is 19.6 Å². The summed E-state index contributed by atoms with van der Waals surface area (Å²) >= 11 is 0. The zero-order valence-corrected chi connectivity index (χ0v) is 17.2. The number of H-pyrrole nitrogens is 1. The van der Waals surface area contributed by atoms with Gasteiger partial charge >= 0.3 is 6.16 Å². The minimum atomic E-state index is -1.68. The third-order valence-corrected chi connectivity index (χ3v) is 5.35. The highest BCUT2D eigenvalue weighted by Gasteiger charge is 2.26. The number of pyridine rings is 1. The van der Waals surface area contributed by atoms with Gasteiger partial charge in [-0.2, -0.15) is 0 Å². The Labute approximate surface area is 177 Å². The van der Waals surface area contributed by atoms with Crippen LogP contribution in [0.1, 0.15) is 11.3 Å². The largest absolute Gasteiger partial charge is 0.511 e. The number of carbonyl (C=O) groups is 1. The molecule has 3 heterocycles. The van der Waals surface area contributed by atoms with E-state index in [1.54, 1.807) is 7.11 Å².